The highest BCUT2D eigenvalue weighted by atomic mass is 32.1. The van der Waals surface area contributed by atoms with Gasteiger partial charge in [-0.2, -0.15) is 0 Å². The van der Waals surface area contributed by atoms with Crippen LogP contribution in [0.3, 0.4) is 0 Å². The number of rotatable bonds is 5. The lowest BCUT2D eigenvalue weighted by Gasteiger charge is -2.13. The smallest absolute Gasteiger partial charge is 0.339 e. The fourth-order valence-corrected chi connectivity index (χ4v) is 2.33. The predicted molar refractivity (Wildman–Crippen MR) is 77.4 cm³/mol. The Morgan fingerprint density at radius 3 is 2.55 bits per heavy atom. The molecule has 2 rings (SSSR count). The number of nitrogens with one attached hydrogen (secondary N) is 1. The molecule has 1 N–H and O–H groups in total. The molecule has 0 unspecified atom stereocenters. The van der Waals surface area contributed by atoms with Gasteiger partial charge in [-0.3, -0.25) is 4.79 Å². The molecule has 0 saturated carbocycles. The molecular weight excluding hydrogens is 312 g/mol. The zero-order chi connectivity index (χ0) is 16.1. The SMILES string of the molecule is C[C@@H](OC(=O)c1cc(F)cc(F)c1)C(=O)NCc1cccs1. The highest BCUT2D eigenvalue weighted by Gasteiger charge is 2.19. The van der Waals surface area contributed by atoms with Gasteiger partial charge in [0, 0.05) is 10.9 Å². The number of carbonyl (C=O) groups is 2. The van der Waals surface area contributed by atoms with Crippen LogP contribution in [0.4, 0.5) is 8.78 Å². The Labute approximate surface area is 129 Å². The molecule has 0 aliphatic rings. The van der Waals surface area contributed by atoms with Crippen LogP contribution in [0.1, 0.15) is 22.2 Å². The molecular formula is C15H13F2NO3S. The largest absolute Gasteiger partial charge is 0.449 e. The summed E-state index contributed by atoms with van der Waals surface area (Å²) in [5, 5.41) is 4.49. The molecule has 1 aromatic carbocycles. The second kappa shape index (κ2) is 7.13. The van der Waals surface area contributed by atoms with Crippen LogP contribution in [0.5, 0.6) is 0 Å². The molecule has 0 aliphatic carbocycles. The molecule has 0 radical (unpaired) electrons. The van der Waals surface area contributed by atoms with Crippen molar-refractivity contribution >= 4 is 23.2 Å². The highest BCUT2D eigenvalue weighted by molar-refractivity contribution is 7.09. The van der Waals surface area contributed by atoms with Gasteiger partial charge >= 0.3 is 5.97 Å². The maximum atomic E-state index is 13.0. The molecule has 2 aromatic rings. The van der Waals surface area contributed by atoms with Crippen LogP contribution < -0.4 is 5.32 Å². The number of hydrogen-bond acceptors (Lipinski definition) is 4. The van der Waals surface area contributed by atoms with Crippen LogP contribution in [0.15, 0.2) is 35.7 Å². The van der Waals surface area contributed by atoms with E-state index >= 15 is 0 Å². The van der Waals surface area contributed by atoms with E-state index in [4.69, 9.17) is 4.74 Å². The average molecular weight is 325 g/mol. The van der Waals surface area contributed by atoms with Gasteiger partial charge in [0.1, 0.15) is 11.6 Å². The molecule has 0 bridgehead atoms. The lowest BCUT2D eigenvalue weighted by atomic mass is 10.2. The first-order valence-corrected chi connectivity index (χ1v) is 7.31. The van der Waals surface area contributed by atoms with E-state index in [-0.39, 0.29) is 5.56 Å². The molecule has 116 valence electrons. The number of hydrogen-bond donors (Lipinski definition) is 1. The standard InChI is InChI=1S/C15H13F2NO3S/c1-9(14(19)18-8-13-3-2-4-22-13)21-15(20)10-5-11(16)7-12(17)6-10/h2-7,9H,8H2,1H3,(H,18,19)/t9-/m1/s1. The van der Waals surface area contributed by atoms with E-state index in [2.05, 4.69) is 5.32 Å². The second-order valence-corrected chi connectivity index (χ2v) is 5.54. The molecule has 1 heterocycles. The van der Waals surface area contributed by atoms with E-state index in [1.54, 1.807) is 0 Å². The fraction of sp³-hybridized carbons (Fsp3) is 0.200. The zero-order valence-corrected chi connectivity index (χ0v) is 12.5. The third-order valence-electron chi connectivity index (χ3n) is 2.77. The molecule has 0 aliphatic heterocycles. The zero-order valence-electron chi connectivity index (χ0n) is 11.6. The quantitative estimate of drug-likeness (QED) is 0.860. The van der Waals surface area contributed by atoms with Crippen molar-refractivity contribution < 1.29 is 23.1 Å². The molecule has 7 heteroatoms. The van der Waals surface area contributed by atoms with Crippen LogP contribution in [0.2, 0.25) is 0 Å². The van der Waals surface area contributed by atoms with Gasteiger partial charge in [-0.15, -0.1) is 11.3 Å². The van der Waals surface area contributed by atoms with Gasteiger partial charge in [-0.05, 0) is 30.5 Å². The second-order valence-electron chi connectivity index (χ2n) is 4.50. The molecule has 1 amide bonds. The van der Waals surface area contributed by atoms with Crippen molar-refractivity contribution in [3.8, 4) is 0 Å². The fourth-order valence-electron chi connectivity index (χ4n) is 1.68. The lowest BCUT2D eigenvalue weighted by Crippen LogP contribution is -2.35. The maximum Gasteiger partial charge on any atom is 0.339 e. The van der Waals surface area contributed by atoms with E-state index in [9.17, 15) is 18.4 Å². The number of esters is 1. The van der Waals surface area contributed by atoms with Crippen molar-refractivity contribution in [2.24, 2.45) is 0 Å². The minimum atomic E-state index is -1.07. The number of benzene rings is 1. The van der Waals surface area contributed by atoms with E-state index in [0.29, 0.717) is 12.6 Å². The molecule has 4 nitrogen and oxygen atoms in total. The average Bonchev–Trinajstić information content (AvgIpc) is 2.96. The Morgan fingerprint density at radius 1 is 1.27 bits per heavy atom. The first-order valence-electron chi connectivity index (χ1n) is 6.43. The van der Waals surface area contributed by atoms with Crippen LogP contribution in [0, 0.1) is 11.6 Å². The van der Waals surface area contributed by atoms with Crippen molar-refractivity contribution in [2.45, 2.75) is 19.6 Å². The Balaban J connectivity index is 1.91. The molecule has 0 spiro atoms. The minimum absolute atomic E-state index is 0.282. The topological polar surface area (TPSA) is 55.4 Å². The summed E-state index contributed by atoms with van der Waals surface area (Å²) in [7, 11) is 0. The van der Waals surface area contributed by atoms with Gasteiger partial charge in [0.2, 0.25) is 0 Å². The highest BCUT2D eigenvalue weighted by Crippen LogP contribution is 2.11. The number of ether oxygens (including phenoxy) is 1. The Hall–Kier alpha value is -2.28. The summed E-state index contributed by atoms with van der Waals surface area (Å²) < 4.78 is 31.0. The van der Waals surface area contributed by atoms with Crippen LogP contribution in [-0.4, -0.2) is 18.0 Å². The number of thiophene rings is 1. The molecule has 22 heavy (non-hydrogen) atoms. The summed E-state index contributed by atoms with van der Waals surface area (Å²) in [6.07, 6.45) is -1.07. The van der Waals surface area contributed by atoms with E-state index in [1.165, 1.54) is 18.3 Å². The van der Waals surface area contributed by atoms with Crippen molar-refractivity contribution in [1.82, 2.24) is 5.32 Å². The summed E-state index contributed by atoms with van der Waals surface area (Å²) in [5.74, 6) is -3.22. The van der Waals surface area contributed by atoms with Gasteiger partial charge in [0.15, 0.2) is 6.10 Å². The van der Waals surface area contributed by atoms with Gasteiger partial charge in [-0.1, -0.05) is 6.07 Å². The maximum absolute atomic E-state index is 13.0. The van der Waals surface area contributed by atoms with Gasteiger partial charge in [0.25, 0.3) is 5.91 Å². The summed E-state index contributed by atoms with van der Waals surface area (Å²) in [4.78, 5) is 24.5. The Morgan fingerprint density at radius 2 is 1.95 bits per heavy atom. The molecule has 1 aromatic heterocycles. The first kappa shape index (κ1) is 16.1. The summed E-state index contributed by atoms with van der Waals surface area (Å²) in [6.45, 7) is 1.71. The molecule has 1 atom stereocenters. The van der Waals surface area contributed by atoms with E-state index in [1.807, 2.05) is 17.5 Å². The van der Waals surface area contributed by atoms with Gasteiger partial charge < -0.3 is 10.1 Å². The van der Waals surface area contributed by atoms with E-state index in [0.717, 1.165) is 17.0 Å². The van der Waals surface area contributed by atoms with Crippen molar-refractivity contribution in [2.75, 3.05) is 0 Å². The summed E-state index contributed by atoms with van der Waals surface area (Å²) in [5.41, 5.74) is -0.282. The van der Waals surface area contributed by atoms with E-state index < -0.39 is 29.6 Å². The van der Waals surface area contributed by atoms with Crippen LogP contribution >= 0.6 is 11.3 Å². The third-order valence-corrected chi connectivity index (χ3v) is 3.64. The number of carbonyl (C=O) groups excluding carboxylic acids is 2. The van der Waals surface area contributed by atoms with Crippen molar-refractivity contribution in [3.63, 3.8) is 0 Å². The molecule has 0 fully saturated rings. The Bertz CT molecular complexity index is 653. The van der Waals surface area contributed by atoms with Crippen LogP contribution in [0.25, 0.3) is 0 Å². The summed E-state index contributed by atoms with van der Waals surface area (Å²) in [6, 6.07) is 6.06. The third kappa shape index (κ3) is 4.36. The normalized spacial score (nSPS) is 11.8. The van der Waals surface area contributed by atoms with Crippen molar-refractivity contribution in [1.29, 1.82) is 0 Å². The van der Waals surface area contributed by atoms with Crippen LogP contribution in [-0.2, 0) is 16.1 Å². The minimum Gasteiger partial charge on any atom is -0.449 e. The van der Waals surface area contributed by atoms with Gasteiger partial charge in [-0.25, -0.2) is 13.6 Å². The number of halogens is 2. The molecule has 0 saturated heterocycles. The Kier molecular flexibility index (Phi) is 5.21. The van der Waals surface area contributed by atoms with Gasteiger partial charge in [0.05, 0.1) is 12.1 Å². The monoisotopic (exact) mass is 325 g/mol. The van der Waals surface area contributed by atoms with Crippen molar-refractivity contribution in [3.05, 3.63) is 57.8 Å². The predicted octanol–water partition coefficient (Wildman–Crippen LogP) is 2.89. The summed E-state index contributed by atoms with van der Waals surface area (Å²) >= 11 is 1.48. The lowest BCUT2D eigenvalue weighted by molar-refractivity contribution is -0.129. The number of amides is 1. The first-order chi connectivity index (χ1) is 10.5.